The maximum atomic E-state index is 10.8. The minimum atomic E-state index is -0.849. The van der Waals surface area contributed by atoms with Gasteiger partial charge >= 0.3 is 0 Å². The Morgan fingerprint density at radius 3 is 1.78 bits per heavy atom. The molecule has 0 amide bonds. The number of ether oxygens (including phenoxy) is 1. The van der Waals surface area contributed by atoms with Crippen LogP contribution >= 0.6 is 0 Å². The molecule has 0 aliphatic rings. The molecule has 0 saturated carbocycles. The van der Waals surface area contributed by atoms with Gasteiger partial charge in [-0.3, -0.25) is 0 Å². The number of aliphatic hydroxyl groups excluding tert-OH is 1. The van der Waals surface area contributed by atoms with Crippen LogP contribution in [0.15, 0.2) is 84.9 Å². The topological polar surface area (TPSA) is 49.7 Å². The second-order valence-corrected chi connectivity index (χ2v) is 5.27. The molecule has 116 valence electrons. The highest BCUT2D eigenvalue weighted by Gasteiger charge is 2.25. The van der Waals surface area contributed by atoms with Crippen LogP contribution in [-0.2, 0) is 0 Å². The summed E-state index contributed by atoms with van der Waals surface area (Å²) in [5.41, 5.74) is 1.60. The predicted octanol–water partition coefficient (Wildman–Crippen LogP) is 4.25. The number of benzene rings is 3. The molecule has 2 atom stereocenters. The Morgan fingerprint density at radius 2 is 1.17 bits per heavy atom. The van der Waals surface area contributed by atoms with Gasteiger partial charge in [0.15, 0.2) is 17.6 Å². The highest BCUT2D eigenvalue weighted by atomic mass is 16.5. The molecule has 3 rings (SSSR count). The Kier molecular flexibility index (Phi) is 4.60. The fraction of sp³-hybridized carbons (Fsp3) is 0.100. The minimum Gasteiger partial charge on any atom is -0.504 e. The van der Waals surface area contributed by atoms with Crippen molar-refractivity contribution < 1.29 is 14.9 Å². The first-order valence-electron chi connectivity index (χ1n) is 7.48. The van der Waals surface area contributed by atoms with Crippen molar-refractivity contribution in [2.45, 2.75) is 12.2 Å². The van der Waals surface area contributed by atoms with Gasteiger partial charge in [0.25, 0.3) is 0 Å². The molecular weight excluding hydrogens is 288 g/mol. The number of phenolic OH excluding ortho intramolecular Hbond substituents is 1. The summed E-state index contributed by atoms with van der Waals surface area (Å²) in [5, 5.41) is 20.7. The summed E-state index contributed by atoms with van der Waals surface area (Å²) in [6, 6.07) is 25.6. The molecule has 0 unspecified atom stereocenters. The summed E-state index contributed by atoms with van der Waals surface area (Å²) in [5.74, 6) is 0.394. The third-order valence-corrected chi connectivity index (χ3v) is 3.68. The van der Waals surface area contributed by atoms with Gasteiger partial charge in [0.2, 0.25) is 0 Å². The van der Waals surface area contributed by atoms with Crippen molar-refractivity contribution in [3.05, 3.63) is 96.1 Å². The van der Waals surface area contributed by atoms with E-state index in [9.17, 15) is 10.2 Å². The van der Waals surface area contributed by atoms with Crippen molar-refractivity contribution in [3.8, 4) is 11.5 Å². The van der Waals surface area contributed by atoms with Crippen molar-refractivity contribution in [1.82, 2.24) is 0 Å². The fourth-order valence-corrected chi connectivity index (χ4v) is 2.48. The van der Waals surface area contributed by atoms with Crippen LogP contribution in [0.4, 0.5) is 0 Å². The molecule has 0 aromatic heterocycles. The van der Waals surface area contributed by atoms with Crippen LogP contribution in [0.1, 0.15) is 23.3 Å². The van der Waals surface area contributed by atoms with Crippen LogP contribution in [0.5, 0.6) is 11.5 Å². The molecule has 3 aromatic carbocycles. The van der Waals surface area contributed by atoms with E-state index in [1.807, 2.05) is 60.7 Å². The summed E-state index contributed by atoms with van der Waals surface area (Å²) in [6.07, 6.45) is -1.47. The highest BCUT2D eigenvalue weighted by molar-refractivity contribution is 5.39. The lowest BCUT2D eigenvalue weighted by Gasteiger charge is -2.25. The number of hydrogen-bond donors (Lipinski definition) is 2. The Labute approximate surface area is 135 Å². The van der Waals surface area contributed by atoms with Gasteiger partial charge in [0.1, 0.15) is 6.10 Å². The van der Waals surface area contributed by atoms with E-state index in [2.05, 4.69) is 0 Å². The van der Waals surface area contributed by atoms with E-state index in [1.54, 1.807) is 24.3 Å². The van der Waals surface area contributed by atoms with E-state index in [4.69, 9.17) is 4.74 Å². The van der Waals surface area contributed by atoms with Gasteiger partial charge in [-0.05, 0) is 23.3 Å². The maximum Gasteiger partial charge on any atom is 0.162 e. The first-order valence-corrected chi connectivity index (χ1v) is 7.48. The van der Waals surface area contributed by atoms with Crippen LogP contribution in [0.2, 0.25) is 0 Å². The van der Waals surface area contributed by atoms with Crippen LogP contribution in [0, 0.1) is 0 Å². The first kappa shape index (κ1) is 15.1. The SMILES string of the molecule is Oc1ccccc1O[C@H](c1ccccc1)[C@H](O)c1ccccc1. The molecule has 0 spiro atoms. The standard InChI is InChI=1S/C20H18O3/c21-17-13-7-8-14-18(17)23-20(16-11-5-2-6-12-16)19(22)15-9-3-1-4-10-15/h1-14,19-22H/t19-,20-/m1/s1. The highest BCUT2D eigenvalue weighted by Crippen LogP contribution is 2.36. The summed E-state index contributed by atoms with van der Waals surface area (Å²) in [6.45, 7) is 0. The molecule has 2 N–H and O–H groups in total. The maximum absolute atomic E-state index is 10.8. The van der Waals surface area contributed by atoms with Crippen LogP contribution in [0.25, 0.3) is 0 Å². The van der Waals surface area contributed by atoms with E-state index < -0.39 is 12.2 Å². The monoisotopic (exact) mass is 306 g/mol. The molecule has 3 aromatic rings. The third kappa shape index (κ3) is 3.52. The van der Waals surface area contributed by atoms with Crippen LogP contribution in [0.3, 0.4) is 0 Å². The Hall–Kier alpha value is -2.78. The van der Waals surface area contributed by atoms with Crippen molar-refractivity contribution in [2.75, 3.05) is 0 Å². The smallest absolute Gasteiger partial charge is 0.162 e. The predicted molar refractivity (Wildman–Crippen MR) is 89.3 cm³/mol. The summed E-state index contributed by atoms with van der Waals surface area (Å²) in [4.78, 5) is 0. The number of aliphatic hydroxyl groups is 1. The lowest BCUT2D eigenvalue weighted by Crippen LogP contribution is -2.17. The number of rotatable bonds is 5. The third-order valence-electron chi connectivity index (χ3n) is 3.68. The molecular formula is C20H18O3. The van der Waals surface area contributed by atoms with E-state index >= 15 is 0 Å². The summed E-state index contributed by atoms with van der Waals surface area (Å²) in [7, 11) is 0. The van der Waals surface area contributed by atoms with E-state index in [-0.39, 0.29) is 5.75 Å². The average Bonchev–Trinajstić information content (AvgIpc) is 2.62. The number of aromatic hydroxyl groups is 1. The average molecular weight is 306 g/mol. The largest absolute Gasteiger partial charge is 0.504 e. The molecule has 23 heavy (non-hydrogen) atoms. The van der Waals surface area contributed by atoms with Gasteiger partial charge in [0, 0.05) is 0 Å². The Bertz CT molecular complexity index is 741. The Balaban J connectivity index is 1.96. The molecule has 0 aliphatic carbocycles. The number of hydrogen-bond acceptors (Lipinski definition) is 3. The zero-order valence-electron chi connectivity index (χ0n) is 12.5. The van der Waals surface area contributed by atoms with Crippen molar-refractivity contribution in [3.63, 3.8) is 0 Å². The number of phenols is 1. The van der Waals surface area contributed by atoms with Gasteiger partial charge in [-0.1, -0.05) is 72.8 Å². The minimum absolute atomic E-state index is 0.0497. The zero-order chi connectivity index (χ0) is 16.1. The summed E-state index contributed by atoms with van der Waals surface area (Å²) >= 11 is 0. The normalized spacial score (nSPS) is 13.3. The molecule has 0 saturated heterocycles. The van der Waals surface area contributed by atoms with Gasteiger partial charge in [-0.2, -0.15) is 0 Å². The van der Waals surface area contributed by atoms with Gasteiger partial charge in [0.05, 0.1) is 0 Å². The van der Waals surface area contributed by atoms with Crippen molar-refractivity contribution in [2.24, 2.45) is 0 Å². The van der Waals surface area contributed by atoms with E-state index in [0.717, 1.165) is 11.1 Å². The van der Waals surface area contributed by atoms with Gasteiger partial charge in [-0.25, -0.2) is 0 Å². The Morgan fingerprint density at radius 1 is 0.652 bits per heavy atom. The molecule has 0 aliphatic heterocycles. The van der Waals surface area contributed by atoms with Crippen LogP contribution in [-0.4, -0.2) is 10.2 Å². The fourth-order valence-electron chi connectivity index (χ4n) is 2.48. The van der Waals surface area contributed by atoms with E-state index in [0.29, 0.717) is 5.75 Å². The quantitative estimate of drug-likeness (QED) is 0.741. The van der Waals surface area contributed by atoms with Crippen LogP contribution < -0.4 is 4.74 Å². The molecule has 0 bridgehead atoms. The van der Waals surface area contributed by atoms with Crippen molar-refractivity contribution in [1.29, 1.82) is 0 Å². The van der Waals surface area contributed by atoms with Gasteiger partial charge < -0.3 is 14.9 Å². The summed E-state index contributed by atoms with van der Waals surface area (Å²) < 4.78 is 5.95. The zero-order valence-corrected chi connectivity index (χ0v) is 12.5. The van der Waals surface area contributed by atoms with Gasteiger partial charge in [-0.15, -0.1) is 0 Å². The molecule has 3 nitrogen and oxygen atoms in total. The lowest BCUT2D eigenvalue weighted by molar-refractivity contribution is 0.0328. The lowest BCUT2D eigenvalue weighted by atomic mass is 9.98. The molecule has 0 fully saturated rings. The molecule has 0 heterocycles. The second-order valence-electron chi connectivity index (χ2n) is 5.27. The molecule has 3 heteroatoms. The first-order chi connectivity index (χ1) is 11.3. The van der Waals surface area contributed by atoms with Crippen molar-refractivity contribution >= 4 is 0 Å². The second kappa shape index (κ2) is 6.99. The molecule has 0 radical (unpaired) electrons. The number of para-hydroxylation sites is 2. The van der Waals surface area contributed by atoms with E-state index in [1.165, 1.54) is 0 Å².